The van der Waals surface area contributed by atoms with Crippen LogP contribution >= 0.6 is 15.9 Å². The summed E-state index contributed by atoms with van der Waals surface area (Å²) in [5, 5.41) is 3.08. The Bertz CT molecular complexity index is 1410. The van der Waals surface area contributed by atoms with Crippen molar-refractivity contribution >= 4 is 43.5 Å². The summed E-state index contributed by atoms with van der Waals surface area (Å²) in [7, 11) is -2.64. The number of methoxy groups -OCH3 is 1. The Hall–Kier alpha value is -3.37. The maximum absolute atomic E-state index is 14.0. The van der Waals surface area contributed by atoms with Crippen LogP contribution in [0.15, 0.2) is 88.2 Å². The van der Waals surface area contributed by atoms with Gasteiger partial charge in [-0.2, -0.15) is 0 Å². The fraction of sp³-hybridized carbons (Fsp3) is 0.333. The molecule has 1 N–H and O–H groups in total. The zero-order valence-corrected chi connectivity index (χ0v) is 25.0. The summed E-state index contributed by atoms with van der Waals surface area (Å²) in [6.45, 7) is 1.33. The first kappa shape index (κ1) is 29.6. The number of carbonyl (C=O) groups excluding carboxylic acids is 2. The van der Waals surface area contributed by atoms with Gasteiger partial charge in [0.05, 0.1) is 17.7 Å². The van der Waals surface area contributed by atoms with Gasteiger partial charge in [0.1, 0.15) is 18.3 Å². The summed E-state index contributed by atoms with van der Waals surface area (Å²) < 4.78 is 35.0. The minimum atomic E-state index is -4.13. The topological polar surface area (TPSA) is 96.0 Å². The number of hydrogen-bond donors (Lipinski definition) is 1. The van der Waals surface area contributed by atoms with Crippen molar-refractivity contribution in [3.8, 4) is 5.75 Å². The van der Waals surface area contributed by atoms with Gasteiger partial charge in [-0.05, 0) is 61.7 Å². The molecule has 1 fully saturated rings. The summed E-state index contributed by atoms with van der Waals surface area (Å²) in [6, 6.07) is 21.3. The molecule has 212 valence electrons. The van der Waals surface area contributed by atoms with Crippen molar-refractivity contribution in [1.29, 1.82) is 0 Å². The van der Waals surface area contributed by atoms with Crippen LogP contribution in [0.25, 0.3) is 0 Å². The molecule has 10 heteroatoms. The molecule has 3 aromatic carbocycles. The monoisotopic (exact) mass is 627 g/mol. The Morgan fingerprint density at radius 2 is 1.68 bits per heavy atom. The van der Waals surface area contributed by atoms with E-state index in [1.54, 1.807) is 49.4 Å². The molecule has 3 aromatic rings. The number of rotatable bonds is 11. The quantitative estimate of drug-likeness (QED) is 0.318. The van der Waals surface area contributed by atoms with Crippen molar-refractivity contribution in [2.24, 2.45) is 0 Å². The molecule has 0 aromatic heterocycles. The van der Waals surface area contributed by atoms with Gasteiger partial charge in [-0.15, -0.1) is 0 Å². The minimum Gasteiger partial charge on any atom is -0.497 e. The van der Waals surface area contributed by atoms with E-state index >= 15 is 0 Å². The number of hydrogen-bond acceptors (Lipinski definition) is 5. The van der Waals surface area contributed by atoms with Gasteiger partial charge in [0.25, 0.3) is 10.0 Å². The highest BCUT2D eigenvalue weighted by molar-refractivity contribution is 9.10. The average molecular weight is 629 g/mol. The van der Waals surface area contributed by atoms with Crippen molar-refractivity contribution in [3.63, 3.8) is 0 Å². The van der Waals surface area contributed by atoms with Crippen LogP contribution in [0, 0.1) is 0 Å². The molecule has 1 saturated carbocycles. The van der Waals surface area contributed by atoms with E-state index in [1.807, 2.05) is 24.3 Å². The zero-order chi connectivity index (χ0) is 28.7. The largest absolute Gasteiger partial charge is 0.497 e. The number of anilines is 1. The number of amides is 2. The molecule has 40 heavy (non-hydrogen) atoms. The second-order valence-electron chi connectivity index (χ2n) is 9.84. The van der Waals surface area contributed by atoms with Gasteiger partial charge in [0.15, 0.2) is 0 Å². The Balaban J connectivity index is 1.68. The van der Waals surface area contributed by atoms with Crippen LogP contribution in [0.4, 0.5) is 5.69 Å². The summed E-state index contributed by atoms with van der Waals surface area (Å²) in [4.78, 5) is 28.8. The maximum atomic E-state index is 14.0. The van der Waals surface area contributed by atoms with Crippen LogP contribution < -0.4 is 14.4 Å². The molecule has 0 spiro atoms. The Morgan fingerprint density at radius 1 is 1.00 bits per heavy atom. The van der Waals surface area contributed by atoms with Crippen molar-refractivity contribution in [3.05, 3.63) is 88.9 Å². The van der Waals surface area contributed by atoms with Gasteiger partial charge >= 0.3 is 0 Å². The predicted octanol–water partition coefficient (Wildman–Crippen LogP) is 5.13. The minimum absolute atomic E-state index is 0.0529. The number of carbonyl (C=O) groups is 2. The van der Waals surface area contributed by atoms with E-state index in [9.17, 15) is 18.0 Å². The first-order valence-corrected chi connectivity index (χ1v) is 15.5. The molecule has 0 radical (unpaired) electrons. The molecule has 0 saturated heterocycles. The third-order valence-corrected chi connectivity index (χ3v) is 9.40. The lowest BCUT2D eigenvalue weighted by atomic mass is 10.1. The molecule has 0 aliphatic heterocycles. The van der Waals surface area contributed by atoms with Crippen LogP contribution in [0.5, 0.6) is 5.75 Å². The van der Waals surface area contributed by atoms with Gasteiger partial charge in [-0.25, -0.2) is 8.42 Å². The van der Waals surface area contributed by atoms with E-state index in [4.69, 9.17) is 4.74 Å². The molecule has 0 heterocycles. The lowest BCUT2D eigenvalue weighted by Gasteiger charge is -2.32. The second-order valence-corrected chi connectivity index (χ2v) is 12.6. The van der Waals surface area contributed by atoms with Gasteiger partial charge in [0.2, 0.25) is 11.8 Å². The number of sulfonamides is 1. The SMILES string of the molecule is COc1cccc(N(CC(=O)N(Cc2ccc(Br)cc2)C(C)C(=O)NC2CCCC2)S(=O)(=O)c2ccccc2)c1. The van der Waals surface area contributed by atoms with Crippen molar-refractivity contribution in [1.82, 2.24) is 10.2 Å². The fourth-order valence-corrected chi connectivity index (χ4v) is 6.47. The number of halogens is 1. The molecule has 1 atom stereocenters. The third kappa shape index (κ3) is 7.22. The smallest absolute Gasteiger partial charge is 0.264 e. The van der Waals surface area contributed by atoms with Crippen LogP contribution in [-0.2, 0) is 26.2 Å². The summed E-state index contributed by atoms with van der Waals surface area (Å²) >= 11 is 3.43. The fourth-order valence-electron chi connectivity index (χ4n) is 4.78. The number of ether oxygens (including phenoxy) is 1. The number of benzene rings is 3. The second kappa shape index (κ2) is 13.3. The Kier molecular flexibility index (Phi) is 9.86. The average Bonchev–Trinajstić information content (AvgIpc) is 3.48. The number of nitrogens with zero attached hydrogens (tertiary/aromatic N) is 2. The van der Waals surface area contributed by atoms with Gasteiger partial charge in [0, 0.05) is 23.1 Å². The maximum Gasteiger partial charge on any atom is 0.264 e. The normalized spacial score (nSPS) is 14.4. The number of nitrogens with one attached hydrogen (secondary N) is 1. The molecule has 4 rings (SSSR count). The molecule has 1 aliphatic rings. The van der Waals surface area contributed by atoms with E-state index in [2.05, 4.69) is 21.2 Å². The van der Waals surface area contributed by atoms with Gasteiger partial charge < -0.3 is 15.0 Å². The molecule has 1 unspecified atom stereocenters. The first-order chi connectivity index (χ1) is 19.2. The highest BCUT2D eigenvalue weighted by Gasteiger charge is 2.33. The predicted molar refractivity (Wildman–Crippen MR) is 159 cm³/mol. The van der Waals surface area contributed by atoms with Crippen LogP contribution in [0.2, 0.25) is 0 Å². The Labute approximate surface area is 244 Å². The standard InChI is InChI=1S/C30H34BrN3O5S/c1-22(30(36)32-25-9-6-7-10-25)33(20-23-15-17-24(31)18-16-23)29(35)21-34(26-11-8-12-27(19-26)39-2)40(37,38)28-13-4-3-5-14-28/h3-5,8,11-19,22,25H,6-7,9-10,20-21H2,1-2H3,(H,32,36). The third-order valence-electron chi connectivity index (χ3n) is 7.09. The zero-order valence-electron chi connectivity index (χ0n) is 22.6. The van der Waals surface area contributed by atoms with Crippen LogP contribution in [-0.4, -0.2) is 50.9 Å². The highest BCUT2D eigenvalue weighted by Crippen LogP contribution is 2.28. The van der Waals surface area contributed by atoms with Crippen molar-refractivity contribution in [2.45, 2.75) is 56.1 Å². The summed E-state index contributed by atoms with van der Waals surface area (Å²) in [5.41, 5.74) is 1.10. The van der Waals surface area contributed by atoms with Crippen LogP contribution in [0.3, 0.4) is 0 Å². The Morgan fingerprint density at radius 3 is 2.33 bits per heavy atom. The molecular weight excluding hydrogens is 594 g/mol. The summed E-state index contributed by atoms with van der Waals surface area (Å²) in [5.74, 6) is -0.301. The highest BCUT2D eigenvalue weighted by atomic mass is 79.9. The van der Waals surface area contributed by atoms with E-state index in [1.165, 1.54) is 24.1 Å². The van der Waals surface area contributed by atoms with Gasteiger partial charge in [-0.1, -0.05) is 65.2 Å². The first-order valence-electron chi connectivity index (χ1n) is 13.2. The molecule has 1 aliphatic carbocycles. The van der Waals surface area contributed by atoms with E-state index in [-0.39, 0.29) is 29.1 Å². The van der Waals surface area contributed by atoms with E-state index in [0.717, 1.165) is 40.0 Å². The van der Waals surface area contributed by atoms with Gasteiger partial charge in [-0.3, -0.25) is 13.9 Å². The molecule has 2 amide bonds. The van der Waals surface area contributed by atoms with Crippen molar-refractivity contribution < 1.29 is 22.7 Å². The van der Waals surface area contributed by atoms with Crippen molar-refractivity contribution in [2.75, 3.05) is 18.0 Å². The molecule has 0 bridgehead atoms. The lowest BCUT2D eigenvalue weighted by molar-refractivity contribution is -0.139. The van der Waals surface area contributed by atoms with E-state index < -0.39 is 28.5 Å². The summed E-state index contributed by atoms with van der Waals surface area (Å²) in [6.07, 6.45) is 3.96. The molecule has 8 nitrogen and oxygen atoms in total. The van der Waals surface area contributed by atoms with Crippen LogP contribution in [0.1, 0.15) is 38.2 Å². The van der Waals surface area contributed by atoms with E-state index in [0.29, 0.717) is 5.75 Å². The lowest BCUT2D eigenvalue weighted by Crippen LogP contribution is -2.52. The molecular formula is C30H34BrN3O5S.